The van der Waals surface area contributed by atoms with Gasteiger partial charge in [-0.3, -0.25) is 9.47 Å². The number of nitrogens with zero attached hydrogens (tertiary/aromatic N) is 4. The van der Waals surface area contributed by atoms with Crippen LogP contribution in [0.4, 0.5) is 4.39 Å². The van der Waals surface area contributed by atoms with E-state index in [1.807, 2.05) is 15.3 Å². The molecule has 0 amide bonds. The summed E-state index contributed by atoms with van der Waals surface area (Å²) in [5.41, 5.74) is 2.09. The summed E-state index contributed by atoms with van der Waals surface area (Å²) in [6.07, 6.45) is 4.59. The zero-order chi connectivity index (χ0) is 23.3. The molecule has 34 heavy (non-hydrogen) atoms. The summed E-state index contributed by atoms with van der Waals surface area (Å²) in [6.45, 7) is 4.42. The van der Waals surface area contributed by atoms with Gasteiger partial charge in [-0.15, -0.1) is 0 Å². The maximum atomic E-state index is 13.6. The summed E-state index contributed by atoms with van der Waals surface area (Å²) < 4.78 is 30.0. The average Bonchev–Trinajstić information content (AvgIpc) is 3.60. The predicted molar refractivity (Wildman–Crippen MR) is 131 cm³/mol. The minimum atomic E-state index is -0.266. The van der Waals surface area contributed by atoms with E-state index in [1.54, 1.807) is 12.1 Å². The Balaban J connectivity index is 1.44. The van der Waals surface area contributed by atoms with Crippen molar-refractivity contribution >= 4 is 12.2 Å². The first-order chi connectivity index (χ1) is 16.7. The monoisotopic (exact) mass is 482 g/mol. The van der Waals surface area contributed by atoms with Crippen molar-refractivity contribution in [1.82, 2.24) is 19.2 Å². The molecule has 6 nitrogen and oxygen atoms in total. The highest BCUT2D eigenvalue weighted by molar-refractivity contribution is 7.71. The zero-order valence-electron chi connectivity index (χ0n) is 19.3. The fraction of sp³-hybridized carbons (Fsp3) is 0.462. The Labute approximate surface area is 204 Å². The van der Waals surface area contributed by atoms with Crippen LogP contribution in [0.3, 0.4) is 0 Å². The van der Waals surface area contributed by atoms with Crippen LogP contribution in [0.2, 0.25) is 0 Å². The lowest BCUT2D eigenvalue weighted by Gasteiger charge is -2.25. The fourth-order valence-corrected chi connectivity index (χ4v) is 5.04. The lowest BCUT2D eigenvalue weighted by Crippen LogP contribution is -2.34. The number of ether oxygens (including phenoxy) is 2. The molecule has 0 radical (unpaired) electrons. The quantitative estimate of drug-likeness (QED) is 0.400. The van der Waals surface area contributed by atoms with Gasteiger partial charge < -0.3 is 9.47 Å². The summed E-state index contributed by atoms with van der Waals surface area (Å²) in [5, 5.41) is 4.92. The van der Waals surface area contributed by atoms with Crippen molar-refractivity contribution in [2.24, 2.45) is 0 Å². The summed E-state index contributed by atoms with van der Waals surface area (Å²) in [4.78, 5) is 2.35. The van der Waals surface area contributed by atoms with Crippen molar-refractivity contribution in [2.45, 2.75) is 57.6 Å². The summed E-state index contributed by atoms with van der Waals surface area (Å²) in [7, 11) is 0. The lowest BCUT2D eigenvalue weighted by atomic mass is 10.2. The Bertz CT molecular complexity index is 1120. The Morgan fingerprint density at radius 3 is 2.35 bits per heavy atom. The molecule has 8 heteroatoms. The molecule has 3 heterocycles. The maximum absolute atomic E-state index is 13.6. The Kier molecular flexibility index (Phi) is 7.49. The van der Waals surface area contributed by atoms with E-state index in [9.17, 15) is 4.39 Å². The van der Waals surface area contributed by atoms with Crippen LogP contribution in [0.25, 0.3) is 11.4 Å². The molecule has 0 aliphatic carbocycles. The van der Waals surface area contributed by atoms with Crippen LogP contribution in [0.5, 0.6) is 0 Å². The molecule has 2 atom stereocenters. The van der Waals surface area contributed by atoms with Crippen LogP contribution in [0.1, 0.15) is 31.2 Å². The van der Waals surface area contributed by atoms with Crippen LogP contribution in [0, 0.1) is 10.6 Å². The summed E-state index contributed by atoms with van der Waals surface area (Å²) in [5.74, 6) is 0.482. The SMILES string of the molecule is Fc1ccc(-c2nn(CN(Cc3ccccc3)C[C@H]3CCCO3)c(=S)n2C[C@@H]2CCCO2)cc1. The van der Waals surface area contributed by atoms with Gasteiger partial charge in [-0.05, 0) is 67.7 Å². The second-order valence-electron chi connectivity index (χ2n) is 9.13. The zero-order valence-corrected chi connectivity index (χ0v) is 20.1. The predicted octanol–water partition coefficient (Wildman–Crippen LogP) is 5.04. The number of rotatable bonds is 9. The first-order valence-electron chi connectivity index (χ1n) is 12.1. The smallest absolute Gasteiger partial charge is 0.199 e. The second kappa shape index (κ2) is 10.9. The molecule has 180 valence electrons. The van der Waals surface area contributed by atoms with Crippen molar-refractivity contribution in [3.8, 4) is 11.4 Å². The average molecular weight is 483 g/mol. The first kappa shape index (κ1) is 23.4. The number of hydrogen-bond acceptors (Lipinski definition) is 5. The van der Waals surface area contributed by atoms with Crippen molar-refractivity contribution < 1.29 is 13.9 Å². The standard InChI is InChI=1S/C26H31FN4O2S/c27-22-12-10-21(11-13-22)25-28-31(26(34)30(25)18-24-9-5-15-33-24)19-29(17-23-8-4-14-32-23)16-20-6-2-1-3-7-20/h1-3,6-7,10-13,23-24H,4-5,8-9,14-19H2/t23-,24+/m1/s1. The molecule has 0 N–H and O–H groups in total. The molecule has 5 rings (SSSR count). The number of halogens is 1. The minimum absolute atomic E-state index is 0.121. The van der Waals surface area contributed by atoms with Gasteiger partial charge in [0.15, 0.2) is 10.6 Å². The van der Waals surface area contributed by atoms with Gasteiger partial charge in [-0.25, -0.2) is 9.07 Å². The van der Waals surface area contributed by atoms with Crippen molar-refractivity contribution in [2.75, 3.05) is 19.8 Å². The Morgan fingerprint density at radius 2 is 1.68 bits per heavy atom. The largest absolute Gasteiger partial charge is 0.377 e. The van der Waals surface area contributed by atoms with Gasteiger partial charge in [-0.2, -0.15) is 5.10 Å². The van der Waals surface area contributed by atoms with E-state index in [-0.39, 0.29) is 18.0 Å². The van der Waals surface area contributed by atoms with E-state index < -0.39 is 0 Å². The van der Waals surface area contributed by atoms with Gasteiger partial charge in [0.25, 0.3) is 0 Å². The van der Waals surface area contributed by atoms with E-state index in [4.69, 9.17) is 26.8 Å². The highest BCUT2D eigenvalue weighted by atomic mass is 32.1. The van der Waals surface area contributed by atoms with Crippen LogP contribution in [0.15, 0.2) is 54.6 Å². The molecule has 2 fully saturated rings. The van der Waals surface area contributed by atoms with Crippen molar-refractivity contribution in [3.05, 3.63) is 70.7 Å². The van der Waals surface area contributed by atoms with Crippen molar-refractivity contribution in [1.29, 1.82) is 0 Å². The normalized spacial score (nSPS) is 20.4. The van der Waals surface area contributed by atoms with Gasteiger partial charge in [-0.1, -0.05) is 30.3 Å². The molecule has 2 aromatic carbocycles. The van der Waals surface area contributed by atoms with E-state index in [0.717, 1.165) is 63.4 Å². The number of hydrogen-bond donors (Lipinski definition) is 0. The van der Waals surface area contributed by atoms with Crippen LogP contribution in [-0.4, -0.2) is 51.2 Å². The maximum Gasteiger partial charge on any atom is 0.199 e. The lowest BCUT2D eigenvalue weighted by molar-refractivity contribution is 0.0565. The minimum Gasteiger partial charge on any atom is -0.377 e. The summed E-state index contributed by atoms with van der Waals surface area (Å²) in [6, 6.07) is 16.9. The molecule has 0 spiro atoms. The topological polar surface area (TPSA) is 44.5 Å². The molecule has 3 aromatic rings. The van der Waals surface area contributed by atoms with E-state index in [0.29, 0.717) is 18.0 Å². The molecule has 0 bridgehead atoms. The van der Waals surface area contributed by atoms with Gasteiger partial charge in [0.1, 0.15) is 5.82 Å². The third-order valence-electron chi connectivity index (χ3n) is 6.50. The van der Waals surface area contributed by atoms with Crippen LogP contribution in [-0.2, 0) is 29.2 Å². The molecule has 2 aliphatic heterocycles. The first-order valence-corrected chi connectivity index (χ1v) is 12.5. The van der Waals surface area contributed by atoms with Crippen LogP contribution >= 0.6 is 12.2 Å². The second-order valence-corrected chi connectivity index (χ2v) is 9.50. The third kappa shape index (κ3) is 5.63. The molecule has 2 aliphatic rings. The molecule has 1 aromatic heterocycles. The van der Waals surface area contributed by atoms with Gasteiger partial charge in [0.2, 0.25) is 0 Å². The molecular weight excluding hydrogens is 451 g/mol. The molecular formula is C26H31FN4O2S. The van der Waals surface area contributed by atoms with Gasteiger partial charge in [0.05, 0.1) is 25.4 Å². The highest BCUT2D eigenvalue weighted by Gasteiger charge is 2.23. The Hall–Kier alpha value is -2.39. The van der Waals surface area contributed by atoms with E-state index in [1.165, 1.54) is 17.7 Å². The summed E-state index contributed by atoms with van der Waals surface area (Å²) >= 11 is 5.91. The van der Waals surface area contributed by atoms with Crippen LogP contribution < -0.4 is 0 Å². The fourth-order valence-electron chi connectivity index (χ4n) is 4.78. The molecule has 0 saturated carbocycles. The van der Waals surface area contributed by atoms with E-state index >= 15 is 0 Å². The number of aromatic nitrogens is 3. The van der Waals surface area contributed by atoms with Crippen molar-refractivity contribution in [3.63, 3.8) is 0 Å². The third-order valence-corrected chi connectivity index (χ3v) is 6.94. The van der Waals surface area contributed by atoms with E-state index in [2.05, 4.69) is 29.2 Å². The Morgan fingerprint density at radius 1 is 0.971 bits per heavy atom. The molecule has 2 saturated heterocycles. The van der Waals surface area contributed by atoms with Gasteiger partial charge >= 0.3 is 0 Å². The number of benzene rings is 2. The molecule has 0 unspecified atom stereocenters. The highest BCUT2D eigenvalue weighted by Crippen LogP contribution is 2.23. The van der Waals surface area contributed by atoms with Gasteiger partial charge in [0, 0.05) is 31.9 Å².